The number of carbonyl (C=O) groups excluding carboxylic acids is 1. The van der Waals surface area contributed by atoms with Gasteiger partial charge in [-0.1, -0.05) is 11.6 Å². The summed E-state index contributed by atoms with van der Waals surface area (Å²) in [5, 5.41) is 6.81. The van der Waals surface area contributed by atoms with Crippen LogP contribution in [0.1, 0.15) is 22.8 Å². The van der Waals surface area contributed by atoms with Gasteiger partial charge in [0.1, 0.15) is 0 Å². The van der Waals surface area contributed by atoms with Crippen molar-refractivity contribution in [1.82, 2.24) is 0 Å². The van der Waals surface area contributed by atoms with Gasteiger partial charge in [0, 0.05) is 26.4 Å². The van der Waals surface area contributed by atoms with Gasteiger partial charge in [0.05, 0.1) is 5.69 Å². The SMILES string of the molecule is CCNc1ccc(C(=O)Nc2ccc(Cl)cc2I)c(C)c1. The van der Waals surface area contributed by atoms with Gasteiger partial charge >= 0.3 is 0 Å². The van der Waals surface area contributed by atoms with Crippen molar-refractivity contribution in [3.63, 3.8) is 0 Å². The van der Waals surface area contributed by atoms with Crippen molar-refractivity contribution in [1.29, 1.82) is 0 Å². The topological polar surface area (TPSA) is 41.1 Å². The number of aryl methyl sites for hydroxylation is 1. The van der Waals surface area contributed by atoms with E-state index in [0.717, 1.165) is 27.1 Å². The Morgan fingerprint density at radius 2 is 2.00 bits per heavy atom. The van der Waals surface area contributed by atoms with Gasteiger partial charge in [0.2, 0.25) is 0 Å². The number of benzene rings is 2. The number of carbonyl (C=O) groups is 1. The molecule has 110 valence electrons. The quantitative estimate of drug-likeness (QED) is 0.696. The van der Waals surface area contributed by atoms with Crippen LogP contribution in [0.15, 0.2) is 36.4 Å². The van der Waals surface area contributed by atoms with Crippen LogP contribution in [-0.2, 0) is 0 Å². The van der Waals surface area contributed by atoms with Gasteiger partial charge in [-0.2, -0.15) is 0 Å². The summed E-state index contributed by atoms with van der Waals surface area (Å²) in [7, 11) is 0. The van der Waals surface area contributed by atoms with Gasteiger partial charge < -0.3 is 10.6 Å². The first kappa shape index (κ1) is 16.1. The number of halogens is 2. The molecule has 3 nitrogen and oxygen atoms in total. The molecule has 2 N–H and O–H groups in total. The third kappa shape index (κ3) is 4.11. The van der Waals surface area contributed by atoms with Crippen molar-refractivity contribution in [3.8, 4) is 0 Å². The lowest BCUT2D eigenvalue weighted by atomic mass is 10.1. The summed E-state index contributed by atoms with van der Waals surface area (Å²) >= 11 is 8.07. The van der Waals surface area contributed by atoms with E-state index >= 15 is 0 Å². The number of hydrogen-bond donors (Lipinski definition) is 2. The number of anilines is 2. The molecule has 2 aromatic rings. The summed E-state index contributed by atoms with van der Waals surface area (Å²) in [6.45, 7) is 4.83. The minimum absolute atomic E-state index is 0.115. The van der Waals surface area contributed by atoms with E-state index in [-0.39, 0.29) is 5.91 Å². The molecule has 0 aromatic heterocycles. The molecule has 2 aromatic carbocycles. The molecule has 21 heavy (non-hydrogen) atoms. The van der Waals surface area contributed by atoms with Crippen molar-refractivity contribution in [2.24, 2.45) is 0 Å². The number of amides is 1. The van der Waals surface area contributed by atoms with Crippen LogP contribution < -0.4 is 10.6 Å². The molecular formula is C16H16ClIN2O. The molecule has 0 bridgehead atoms. The molecule has 5 heteroatoms. The van der Waals surface area contributed by atoms with E-state index < -0.39 is 0 Å². The number of nitrogens with one attached hydrogen (secondary N) is 2. The Hall–Kier alpha value is -1.27. The fourth-order valence-corrected chi connectivity index (χ4v) is 3.02. The Morgan fingerprint density at radius 1 is 1.24 bits per heavy atom. The van der Waals surface area contributed by atoms with Crippen molar-refractivity contribution in [3.05, 3.63) is 56.1 Å². The summed E-state index contributed by atoms with van der Waals surface area (Å²) in [4.78, 5) is 12.4. The van der Waals surface area contributed by atoms with E-state index in [9.17, 15) is 4.79 Å². The molecule has 0 atom stereocenters. The van der Waals surface area contributed by atoms with Crippen LogP contribution >= 0.6 is 34.2 Å². The van der Waals surface area contributed by atoms with Gasteiger partial charge in [-0.3, -0.25) is 4.79 Å². The van der Waals surface area contributed by atoms with Crippen LogP contribution in [0, 0.1) is 10.5 Å². The predicted octanol–water partition coefficient (Wildman–Crippen LogP) is 4.94. The molecule has 0 spiro atoms. The average molecular weight is 415 g/mol. The highest BCUT2D eigenvalue weighted by molar-refractivity contribution is 14.1. The fourth-order valence-electron chi connectivity index (χ4n) is 2.01. The molecular weight excluding hydrogens is 399 g/mol. The van der Waals surface area contributed by atoms with Crippen LogP contribution in [0.2, 0.25) is 5.02 Å². The molecule has 0 aliphatic carbocycles. The lowest BCUT2D eigenvalue weighted by Gasteiger charge is -2.11. The van der Waals surface area contributed by atoms with E-state index in [1.54, 1.807) is 6.07 Å². The monoisotopic (exact) mass is 414 g/mol. The third-order valence-electron chi connectivity index (χ3n) is 3.03. The molecule has 1 amide bonds. The zero-order chi connectivity index (χ0) is 15.4. The van der Waals surface area contributed by atoms with E-state index in [1.165, 1.54) is 0 Å². The lowest BCUT2D eigenvalue weighted by Crippen LogP contribution is -2.14. The van der Waals surface area contributed by atoms with Crippen LogP contribution in [0.5, 0.6) is 0 Å². The predicted molar refractivity (Wildman–Crippen MR) is 97.5 cm³/mol. The zero-order valence-corrected chi connectivity index (χ0v) is 14.7. The molecule has 0 saturated heterocycles. The van der Waals surface area contributed by atoms with Gasteiger partial charge in [-0.25, -0.2) is 0 Å². The molecule has 2 rings (SSSR count). The lowest BCUT2D eigenvalue weighted by molar-refractivity contribution is 0.102. The Labute approximate surface area is 143 Å². The highest BCUT2D eigenvalue weighted by Gasteiger charge is 2.11. The standard InChI is InChI=1S/C16H16ClIN2O/c1-3-19-12-5-6-13(10(2)8-12)16(21)20-15-7-4-11(17)9-14(15)18/h4-9,19H,3H2,1-2H3,(H,20,21). The Balaban J connectivity index is 2.20. The van der Waals surface area contributed by atoms with Crippen molar-refractivity contribution in [2.45, 2.75) is 13.8 Å². The van der Waals surface area contributed by atoms with E-state index in [1.807, 2.05) is 44.2 Å². The second-order valence-electron chi connectivity index (χ2n) is 4.64. The van der Waals surface area contributed by atoms with Gasteiger partial charge in [-0.15, -0.1) is 0 Å². The highest BCUT2D eigenvalue weighted by Crippen LogP contribution is 2.23. The summed E-state index contributed by atoms with van der Waals surface area (Å²) in [5.41, 5.74) is 3.39. The molecule has 0 radical (unpaired) electrons. The first-order chi connectivity index (χ1) is 10.0. The van der Waals surface area contributed by atoms with Gasteiger partial charge in [-0.05, 0) is 78.4 Å². The molecule has 0 fully saturated rings. The normalized spacial score (nSPS) is 10.3. The molecule has 0 heterocycles. The Kier molecular flexibility index (Phi) is 5.47. The zero-order valence-electron chi connectivity index (χ0n) is 11.8. The average Bonchev–Trinajstić information content (AvgIpc) is 2.42. The van der Waals surface area contributed by atoms with Crippen molar-refractivity contribution in [2.75, 3.05) is 17.2 Å². The maximum atomic E-state index is 12.4. The molecule has 0 saturated carbocycles. The van der Waals surface area contributed by atoms with Gasteiger partial charge in [0.25, 0.3) is 5.91 Å². The highest BCUT2D eigenvalue weighted by atomic mass is 127. The molecule has 0 aliphatic heterocycles. The minimum atomic E-state index is -0.115. The van der Waals surface area contributed by atoms with Crippen LogP contribution in [0.25, 0.3) is 0 Å². The number of rotatable bonds is 4. The van der Waals surface area contributed by atoms with Crippen molar-refractivity contribution >= 4 is 51.5 Å². The number of hydrogen-bond acceptors (Lipinski definition) is 2. The van der Waals surface area contributed by atoms with Crippen molar-refractivity contribution < 1.29 is 4.79 Å². The first-order valence-electron chi connectivity index (χ1n) is 6.62. The minimum Gasteiger partial charge on any atom is -0.385 e. The maximum Gasteiger partial charge on any atom is 0.255 e. The van der Waals surface area contributed by atoms with E-state index in [4.69, 9.17) is 11.6 Å². The first-order valence-corrected chi connectivity index (χ1v) is 8.08. The van der Waals surface area contributed by atoms with E-state index in [2.05, 4.69) is 33.2 Å². The Morgan fingerprint density at radius 3 is 2.62 bits per heavy atom. The summed E-state index contributed by atoms with van der Waals surface area (Å²) in [5.74, 6) is -0.115. The second kappa shape index (κ2) is 7.13. The summed E-state index contributed by atoms with van der Waals surface area (Å²) in [6, 6.07) is 11.1. The third-order valence-corrected chi connectivity index (χ3v) is 4.16. The largest absolute Gasteiger partial charge is 0.385 e. The molecule has 0 unspecified atom stereocenters. The molecule has 0 aliphatic rings. The van der Waals surface area contributed by atoms with E-state index in [0.29, 0.717) is 10.6 Å². The fraction of sp³-hybridized carbons (Fsp3) is 0.188. The second-order valence-corrected chi connectivity index (χ2v) is 6.24. The van der Waals surface area contributed by atoms with Crippen LogP contribution in [0.3, 0.4) is 0 Å². The smallest absolute Gasteiger partial charge is 0.255 e. The van der Waals surface area contributed by atoms with Gasteiger partial charge in [0.15, 0.2) is 0 Å². The summed E-state index contributed by atoms with van der Waals surface area (Å²) < 4.78 is 0.912. The Bertz CT molecular complexity index is 673. The van der Waals surface area contributed by atoms with Crippen LogP contribution in [-0.4, -0.2) is 12.5 Å². The van der Waals surface area contributed by atoms with Crippen LogP contribution in [0.4, 0.5) is 11.4 Å². The maximum absolute atomic E-state index is 12.4. The summed E-state index contributed by atoms with van der Waals surface area (Å²) in [6.07, 6.45) is 0.